The van der Waals surface area contributed by atoms with Crippen molar-refractivity contribution in [1.82, 2.24) is 10.2 Å². The second kappa shape index (κ2) is 14.3. The first kappa shape index (κ1) is 31.6. The van der Waals surface area contributed by atoms with E-state index >= 15 is 0 Å². The minimum Gasteiger partial charge on any atom is -0.444 e. The maximum Gasteiger partial charge on any atom is 0.407 e. The van der Waals surface area contributed by atoms with Gasteiger partial charge in [0.2, 0.25) is 0 Å². The lowest BCUT2D eigenvalue weighted by atomic mass is 9.87. The first-order valence-electron chi connectivity index (χ1n) is 15.2. The molecule has 1 fully saturated rings. The monoisotopic (exact) mass is 604 g/mol. The van der Waals surface area contributed by atoms with E-state index in [0.717, 1.165) is 22.3 Å². The standard InChI is InChI=1S/C35H41FN2O6/c1-35(2,3)44-34(40)37-29-21-30(43-23-31(29)42-20-19-41-22-24-9-5-4-6-10-24)33(39)38-18-17-25-11-7-8-12-28(25)32(38)26-13-15-27(36)16-14-26/h4-16,29-32H,17-23H2,1-3H3,(H,37,40)/t29-,30+,31-,32-/m0/s1. The summed E-state index contributed by atoms with van der Waals surface area (Å²) in [5.74, 6) is -0.520. The summed E-state index contributed by atoms with van der Waals surface area (Å²) in [5.41, 5.74) is 3.37. The Kier molecular flexibility index (Phi) is 10.3. The highest BCUT2D eigenvalue weighted by Crippen LogP contribution is 2.36. The Labute approximate surface area is 258 Å². The van der Waals surface area contributed by atoms with Crippen LogP contribution in [0.5, 0.6) is 0 Å². The average molecular weight is 605 g/mol. The third-order valence-corrected chi connectivity index (χ3v) is 7.78. The SMILES string of the molecule is CC(C)(C)OC(=O)N[C@H]1C[C@H](C(=O)N2CCc3ccccc3[C@@H]2c2ccc(F)cc2)OC[C@@H]1OCCOCc1ccccc1. The number of nitrogens with one attached hydrogen (secondary N) is 1. The van der Waals surface area contributed by atoms with E-state index < -0.39 is 29.9 Å². The first-order chi connectivity index (χ1) is 21.2. The van der Waals surface area contributed by atoms with Gasteiger partial charge in [0.1, 0.15) is 23.6 Å². The van der Waals surface area contributed by atoms with Gasteiger partial charge in [-0.1, -0.05) is 66.7 Å². The van der Waals surface area contributed by atoms with Crippen LogP contribution in [-0.4, -0.2) is 67.1 Å². The van der Waals surface area contributed by atoms with Gasteiger partial charge in [0.25, 0.3) is 5.91 Å². The fraction of sp³-hybridized carbons (Fsp3) is 0.429. The van der Waals surface area contributed by atoms with Gasteiger partial charge in [0.15, 0.2) is 0 Å². The largest absolute Gasteiger partial charge is 0.444 e. The van der Waals surface area contributed by atoms with E-state index in [2.05, 4.69) is 11.4 Å². The molecule has 1 saturated heterocycles. The molecule has 0 aliphatic carbocycles. The smallest absolute Gasteiger partial charge is 0.407 e. The summed E-state index contributed by atoms with van der Waals surface area (Å²) in [6.07, 6.45) is -0.984. The van der Waals surface area contributed by atoms with Gasteiger partial charge in [0.05, 0.1) is 38.5 Å². The van der Waals surface area contributed by atoms with Crippen LogP contribution in [0, 0.1) is 5.82 Å². The van der Waals surface area contributed by atoms with Crippen molar-refractivity contribution >= 4 is 12.0 Å². The number of rotatable bonds is 9. The number of carbonyl (C=O) groups excluding carboxylic acids is 2. The topological polar surface area (TPSA) is 86.3 Å². The van der Waals surface area contributed by atoms with E-state index in [4.69, 9.17) is 18.9 Å². The van der Waals surface area contributed by atoms with Crippen LogP contribution >= 0.6 is 0 Å². The van der Waals surface area contributed by atoms with Gasteiger partial charge in [-0.2, -0.15) is 0 Å². The normalized spacial score (nSPS) is 21.8. The van der Waals surface area contributed by atoms with Crippen molar-refractivity contribution in [3.63, 3.8) is 0 Å². The molecule has 2 aliphatic heterocycles. The highest BCUT2D eigenvalue weighted by molar-refractivity contribution is 5.82. The molecule has 2 aliphatic rings. The summed E-state index contributed by atoms with van der Waals surface area (Å²) in [7, 11) is 0. The van der Waals surface area contributed by atoms with Gasteiger partial charge in [-0.25, -0.2) is 9.18 Å². The van der Waals surface area contributed by atoms with E-state index in [0.29, 0.717) is 32.8 Å². The van der Waals surface area contributed by atoms with Crippen molar-refractivity contribution < 1.29 is 32.9 Å². The van der Waals surface area contributed by atoms with E-state index in [1.165, 1.54) is 12.1 Å². The van der Waals surface area contributed by atoms with Crippen LogP contribution in [0.25, 0.3) is 0 Å². The first-order valence-corrected chi connectivity index (χ1v) is 15.2. The molecule has 3 aromatic carbocycles. The van der Waals surface area contributed by atoms with E-state index in [1.807, 2.05) is 53.4 Å². The Morgan fingerprint density at radius 2 is 1.70 bits per heavy atom. The van der Waals surface area contributed by atoms with Crippen LogP contribution in [0.2, 0.25) is 0 Å². The van der Waals surface area contributed by atoms with Crippen LogP contribution in [0.4, 0.5) is 9.18 Å². The summed E-state index contributed by atoms with van der Waals surface area (Å²) in [6.45, 7) is 7.11. The van der Waals surface area contributed by atoms with Crippen LogP contribution in [0.1, 0.15) is 55.5 Å². The highest BCUT2D eigenvalue weighted by atomic mass is 19.1. The molecule has 3 aromatic rings. The predicted octanol–water partition coefficient (Wildman–Crippen LogP) is 5.58. The summed E-state index contributed by atoms with van der Waals surface area (Å²) < 4.78 is 37.3. The van der Waals surface area contributed by atoms with Gasteiger partial charge in [-0.3, -0.25) is 4.79 Å². The van der Waals surface area contributed by atoms with Crippen molar-refractivity contribution in [3.05, 3.63) is 107 Å². The Morgan fingerprint density at radius 3 is 2.45 bits per heavy atom. The quantitative estimate of drug-likeness (QED) is 0.321. The van der Waals surface area contributed by atoms with Crippen molar-refractivity contribution in [2.24, 2.45) is 0 Å². The number of hydrogen-bond acceptors (Lipinski definition) is 6. The highest BCUT2D eigenvalue weighted by Gasteiger charge is 2.41. The molecule has 0 radical (unpaired) electrons. The van der Waals surface area contributed by atoms with Crippen molar-refractivity contribution in [3.8, 4) is 0 Å². The third-order valence-electron chi connectivity index (χ3n) is 7.78. The number of alkyl carbamates (subject to hydrolysis) is 1. The fourth-order valence-corrected chi connectivity index (χ4v) is 5.74. The zero-order chi connectivity index (χ0) is 31.1. The molecule has 2 amide bonds. The molecule has 4 atom stereocenters. The number of carbonyl (C=O) groups is 2. The summed E-state index contributed by atoms with van der Waals surface area (Å²) in [5, 5.41) is 2.93. The lowest BCUT2D eigenvalue weighted by molar-refractivity contribution is -0.160. The van der Waals surface area contributed by atoms with Crippen molar-refractivity contribution in [2.45, 2.75) is 70.1 Å². The maximum atomic E-state index is 14.1. The zero-order valence-corrected chi connectivity index (χ0v) is 25.5. The summed E-state index contributed by atoms with van der Waals surface area (Å²) in [4.78, 5) is 28.8. The van der Waals surface area contributed by atoms with Crippen molar-refractivity contribution in [1.29, 1.82) is 0 Å². The van der Waals surface area contributed by atoms with Gasteiger partial charge < -0.3 is 29.2 Å². The average Bonchev–Trinajstić information content (AvgIpc) is 3.00. The molecular formula is C35H41FN2O6. The summed E-state index contributed by atoms with van der Waals surface area (Å²) in [6, 6.07) is 23.3. The van der Waals surface area contributed by atoms with Gasteiger partial charge in [-0.05, 0) is 61.6 Å². The van der Waals surface area contributed by atoms with Crippen LogP contribution in [0.3, 0.4) is 0 Å². The van der Waals surface area contributed by atoms with E-state index in [9.17, 15) is 14.0 Å². The minimum absolute atomic E-state index is 0.112. The lowest BCUT2D eigenvalue weighted by Crippen LogP contribution is -2.57. The number of ether oxygens (including phenoxy) is 4. The molecule has 8 nitrogen and oxygen atoms in total. The molecule has 0 unspecified atom stereocenters. The number of halogens is 1. The van der Waals surface area contributed by atoms with Crippen molar-refractivity contribution in [2.75, 3.05) is 26.4 Å². The lowest BCUT2D eigenvalue weighted by Gasteiger charge is -2.42. The Morgan fingerprint density at radius 1 is 0.977 bits per heavy atom. The fourth-order valence-electron chi connectivity index (χ4n) is 5.74. The molecule has 234 valence electrons. The molecule has 0 saturated carbocycles. The van der Waals surface area contributed by atoms with Crippen LogP contribution in [0.15, 0.2) is 78.9 Å². The Bertz CT molecular complexity index is 1390. The predicted molar refractivity (Wildman–Crippen MR) is 163 cm³/mol. The molecule has 0 spiro atoms. The molecule has 44 heavy (non-hydrogen) atoms. The zero-order valence-electron chi connectivity index (χ0n) is 25.5. The number of benzene rings is 3. The van der Waals surface area contributed by atoms with E-state index in [1.54, 1.807) is 32.9 Å². The van der Waals surface area contributed by atoms with Gasteiger partial charge >= 0.3 is 6.09 Å². The second-order valence-electron chi connectivity index (χ2n) is 12.2. The molecule has 1 N–H and O–H groups in total. The summed E-state index contributed by atoms with van der Waals surface area (Å²) >= 11 is 0. The molecule has 5 rings (SSSR count). The Balaban J connectivity index is 1.28. The van der Waals surface area contributed by atoms with E-state index in [-0.39, 0.29) is 30.8 Å². The Hall–Kier alpha value is -3.79. The number of hydrogen-bond donors (Lipinski definition) is 1. The number of nitrogens with zero attached hydrogens (tertiary/aromatic N) is 1. The molecular weight excluding hydrogens is 563 g/mol. The number of fused-ring (bicyclic) bond motifs is 1. The maximum absolute atomic E-state index is 14.1. The minimum atomic E-state index is -0.808. The molecule has 0 bridgehead atoms. The van der Waals surface area contributed by atoms with Gasteiger partial charge in [-0.15, -0.1) is 0 Å². The van der Waals surface area contributed by atoms with Crippen LogP contribution < -0.4 is 5.32 Å². The number of amides is 2. The van der Waals surface area contributed by atoms with Gasteiger partial charge in [0, 0.05) is 13.0 Å². The molecule has 0 aromatic heterocycles. The third kappa shape index (κ3) is 8.22. The molecule has 2 heterocycles. The van der Waals surface area contributed by atoms with Crippen LogP contribution in [-0.2, 0) is 36.8 Å². The second-order valence-corrected chi connectivity index (χ2v) is 12.2. The molecule has 9 heteroatoms.